The van der Waals surface area contributed by atoms with Crippen molar-refractivity contribution in [1.82, 2.24) is 10.2 Å². The van der Waals surface area contributed by atoms with E-state index in [9.17, 15) is 4.79 Å². The summed E-state index contributed by atoms with van der Waals surface area (Å²) in [6.45, 7) is 5.72. The Morgan fingerprint density at radius 3 is 3.14 bits per heavy atom. The van der Waals surface area contributed by atoms with E-state index in [0.29, 0.717) is 12.6 Å². The van der Waals surface area contributed by atoms with Crippen molar-refractivity contribution < 1.29 is 4.79 Å². The quantitative estimate of drug-likeness (QED) is 0.878. The van der Waals surface area contributed by atoms with E-state index in [-0.39, 0.29) is 5.91 Å². The second-order valence-corrected chi connectivity index (χ2v) is 7.00. The SMILES string of the molecule is Cc1cc(NC(=O)CN2CCC3NCCC3C2)ccc1Br. The van der Waals surface area contributed by atoms with Gasteiger partial charge < -0.3 is 10.6 Å². The molecule has 2 heterocycles. The van der Waals surface area contributed by atoms with Gasteiger partial charge in [-0.25, -0.2) is 0 Å². The van der Waals surface area contributed by atoms with Crippen LogP contribution in [0.1, 0.15) is 18.4 Å². The molecule has 2 atom stereocenters. The van der Waals surface area contributed by atoms with E-state index in [1.54, 1.807) is 0 Å². The predicted octanol–water partition coefficient (Wildman–Crippen LogP) is 2.38. The molecule has 1 aromatic carbocycles. The first kappa shape index (κ1) is 15.0. The van der Waals surface area contributed by atoms with Gasteiger partial charge >= 0.3 is 0 Å². The predicted molar refractivity (Wildman–Crippen MR) is 88.5 cm³/mol. The van der Waals surface area contributed by atoms with Gasteiger partial charge in [0, 0.05) is 29.3 Å². The molecule has 0 spiro atoms. The monoisotopic (exact) mass is 351 g/mol. The standard InChI is InChI=1S/C16H22BrN3O/c1-11-8-13(2-3-14(11)17)19-16(21)10-20-7-5-15-12(9-20)4-6-18-15/h2-3,8,12,15,18H,4-7,9-10H2,1H3,(H,19,21). The van der Waals surface area contributed by atoms with Crippen LogP contribution in [-0.4, -0.2) is 43.0 Å². The lowest BCUT2D eigenvalue weighted by atomic mass is 9.93. The van der Waals surface area contributed by atoms with E-state index in [1.807, 2.05) is 25.1 Å². The topological polar surface area (TPSA) is 44.4 Å². The number of nitrogens with zero attached hydrogens (tertiary/aromatic N) is 1. The second-order valence-electron chi connectivity index (χ2n) is 6.15. The summed E-state index contributed by atoms with van der Waals surface area (Å²) in [6, 6.07) is 6.58. The zero-order valence-corrected chi connectivity index (χ0v) is 13.9. The number of amides is 1. The first-order valence-corrected chi connectivity index (χ1v) is 8.43. The fourth-order valence-corrected chi connectivity index (χ4v) is 3.64. The van der Waals surface area contributed by atoms with Crippen molar-refractivity contribution in [3.05, 3.63) is 28.2 Å². The van der Waals surface area contributed by atoms with Crippen molar-refractivity contribution in [3.8, 4) is 0 Å². The lowest BCUT2D eigenvalue weighted by Gasteiger charge is -2.34. The number of rotatable bonds is 3. The lowest BCUT2D eigenvalue weighted by Crippen LogP contribution is -2.46. The number of benzene rings is 1. The van der Waals surface area contributed by atoms with E-state index in [1.165, 1.54) is 6.42 Å². The van der Waals surface area contributed by atoms with Crippen LogP contribution in [0.5, 0.6) is 0 Å². The summed E-state index contributed by atoms with van der Waals surface area (Å²) in [5, 5.41) is 6.55. The molecule has 0 aromatic heterocycles. The molecule has 2 N–H and O–H groups in total. The van der Waals surface area contributed by atoms with Crippen LogP contribution in [0.25, 0.3) is 0 Å². The van der Waals surface area contributed by atoms with Gasteiger partial charge in [-0.2, -0.15) is 0 Å². The molecule has 2 fully saturated rings. The average Bonchev–Trinajstić information content (AvgIpc) is 2.90. The third-order valence-electron chi connectivity index (χ3n) is 4.55. The molecule has 2 saturated heterocycles. The van der Waals surface area contributed by atoms with E-state index in [2.05, 4.69) is 31.5 Å². The maximum absolute atomic E-state index is 12.2. The number of fused-ring (bicyclic) bond motifs is 1. The average molecular weight is 352 g/mol. The molecule has 2 aliphatic heterocycles. The fourth-order valence-electron chi connectivity index (χ4n) is 3.39. The third kappa shape index (κ3) is 3.65. The highest BCUT2D eigenvalue weighted by Gasteiger charge is 2.32. The molecule has 0 bridgehead atoms. The molecule has 3 rings (SSSR count). The molecular weight excluding hydrogens is 330 g/mol. The summed E-state index contributed by atoms with van der Waals surface area (Å²) >= 11 is 3.47. The van der Waals surface area contributed by atoms with Crippen LogP contribution in [0.4, 0.5) is 5.69 Å². The molecule has 0 radical (unpaired) electrons. The first-order valence-electron chi connectivity index (χ1n) is 7.63. The summed E-state index contributed by atoms with van der Waals surface area (Å²) in [7, 11) is 0. The van der Waals surface area contributed by atoms with Crippen molar-refractivity contribution in [2.75, 3.05) is 31.5 Å². The molecule has 114 valence electrons. The van der Waals surface area contributed by atoms with Crippen LogP contribution in [0.15, 0.2) is 22.7 Å². The van der Waals surface area contributed by atoms with Gasteiger partial charge in [0.05, 0.1) is 6.54 Å². The molecule has 0 saturated carbocycles. The Balaban J connectivity index is 1.53. The highest BCUT2D eigenvalue weighted by atomic mass is 79.9. The largest absolute Gasteiger partial charge is 0.325 e. The van der Waals surface area contributed by atoms with E-state index < -0.39 is 0 Å². The van der Waals surface area contributed by atoms with Crippen LogP contribution in [-0.2, 0) is 4.79 Å². The Labute approximate surface area is 134 Å². The maximum Gasteiger partial charge on any atom is 0.238 e. The Morgan fingerprint density at radius 1 is 1.48 bits per heavy atom. The Bertz CT molecular complexity index is 534. The van der Waals surface area contributed by atoms with Crippen LogP contribution < -0.4 is 10.6 Å². The fraction of sp³-hybridized carbons (Fsp3) is 0.562. The van der Waals surface area contributed by atoms with Crippen LogP contribution in [0, 0.1) is 12.8 Å². The van der Waals surface area contributed by atoms with Gasteiger partial charge in [0.15, 0.2) is 0 Å². The summed E-state index contributed by atoms with van der Waals surface area (Å²) in [4.78, 5) is 14.5. The molecule has 0 aliphatic carbocycles. The maximum atomic E-state index is 12.2. The molecule has 2 unspecified atom stereocenters. The number of carbonyl (C=O) groups is 1. The molecule has 5 heteroatoms. The van der Waals surface area contributed by atoms with E-state index >= 15 is 0 Å². The molecule has 1 aromatic rings. The van der Waals surface area contributed by atoms with Crippen LogP contribution in [0.3, 0.4) is 0 Å². The molecule has 1 amide bonds. The normalized spacial score (nSPS) is 25.6. The number of aryl methyl sites for hydroxylation is 1. The van der Waals surface area contributed by atoms with Crippen molar-refractivity contribution in [2.24, 2.45) is 5.92 Å². The minimum Gasteiger partial charge on any atom is -0.325 e. The van der Waals surface area contributed by atoms with E-state index in [4.69, 9.17) is 0 Å². The second kappa shape index (κ2) is 6.46. The number of hydrogen-bond acceptors (Lipinski definition) is 3. The Kier molecular flexibility index (Phi) is 4.62. The van der Waals surface area contributed by atoms with Gasteiger partial charge in [-0.1, -0.05) is 15.9 Å². The number of anilines is 1. The highest BCUT2D eigenvalue weighted by molar-refractivity contribution is 9.10. The van der Waals surface area contributed by atoms with Gasteiger partial charge in [-0.05, 0) is 56.0 Å². The smallest absolute Gasteiger partial charge is 0.238 e. The summed E-state index contributed by atoms with van der Waals surface area (Å²) < 4.78 is 1.07. The Morgan fingerprint density at radius 2 is 2.33 bits per heavy atom. The van der Waals surface area contributed by atoms with Crippen molar-refractivity contribution in [2.45, 2.75) is 25.8 Å². The number of hydrogen-bond donors (Lipinski definition) is 2. The van der Waals surface area contributed by atoms with Crippen molar-refractivity contribution in [3.63, 3.8) is 0 Å². The van der Waals surface area contributed by atoms with Gasteiger partial charge in [-0.15, -0.1) is 0 Å². The summed E-state index contributed by atoms with van der Waals surface area (Å²) in [6.07, 6.45) is 2.41. The lowest BCUT2D eigenvalue weighted by molar-refractivity contribution is -0.117. The zero-order chi connectivity index (χ0) is 14.8. The van der Waals surface area contributed by atoms with Crippen LogP contribution in [0.2, 0.25) is 0 Å². The van der Waals surface area contributed by atoms with Crippen LogP contribution >= 0.6 is 15.9 Å². The molecule has 21 heavy (non-hydrogen) atoms. The molecule has 2 aliphatic rings. The van der Waals surface area contributed by atoms with Gasteiger partial charge in [0.2, 0.25) is 5.91 Å². The number of likely N-dealkylation sites (tertiary alicyclic amines) is 1. The Hall–Kier alpha value is -0.910. The number of carbonyl (C=O) groups excluding carboxylic acids is 1. The van der Waals surface area contributed by atoms with Gasteiger partial charge in [0.25, 0.3) is 0 Å². The molecule has 4 nitrogen and oxygen atoms in total. The number of piperidine rings is 1. The zero-order valence-electron chi connectivity index (χ0n) is 12.4. The minimum absolute atomic E-state index is 0.0844. The number of nitrogens with one attached hydrogen (secondary N) is 2. The summed E-state index contributed by atoms with van der Waals surface area (Å²) in [5.74, 6) is 0.808. The van der Waals surface area contributed by atoms with Crippen molar-refractivity contribution in [1.29, 1.82) is 0 Å². The summed E-state index contributed by atoms with van der Waals surface area (Å²) in [5.41, 5.74) is 2.00. The first-order chi connectivity index (χ1) is 10.1. The van der Waals surface area contributed by atoms with Gasteiger partial charge in [0.1, 0.15) is 0 Å². The highest BCUT2D eigenvalue weighted by Crippen LogP contribution is 2.24. The molecular formula is C16H22BrN3O. The van der Waals surface area contributed by atoms with E-state index in [0.717, 1.165) is 47.7 Å². The minimum atomic E-state index is 0.0844. The van der Waals surface area contributed by atoms with Crippen molar-refractivity contribution >= 4 is 27.5 Å². The van der Waals surface area contributed by atoms with Gasteiger partial charge in [-0.3, -0.25) is 9.69 Å². The number of halogens is 1. The third-order valence-corrected chi connectivity index (χ3v) is 5.44.